The number of carbonyl (C=O) groups is 2. The molecule has 1 atom stereocenters. The van der Waals surface area contributed by atoms with Crippen LogP contribution in [-0.4, -0.2) is 45.3 Å². The minimum Gasteiger partial charge on any atom is -0.480 e. The lowest BCUT2D eigenvalue weighted by Crippen LogP contribution is -2.45. The molecule has 1 fully saturated rings. The number of anilines is 1. The number of hydrogen-bond acceptors (Lipinski definition) is 5. The number of benzene rings is 1. The summed E-state index contributed by atoms with van der Waals surface area (Å²) < 4.78 is 0.248. The highest BCUT2D eigenvalue weighted by Gasteiger charge is 2.36. The van der Waals surface area contributed by atoms with Gasteiger partial charge < -0.3 is 10.0 Å². The van der Waals surface area contributed by atoms with Gasteiger partial charge in [0.2, 0.25) is 0 Å². The first kappa shape index (κ1) is 20.2. The molecule has 1 aromatic carbocycles. The summed E-state index contributed by atoms with van der Waals surface area (Å²) in [5, 5.41) is 9.50. The van der Waals surface area contributed by atoms with Gasteiger partial charge in [0, 0.05) is 23.3 Å². The fourth-order valence-electron chi connectivity index (χ4n) is 3.63. The predicted octanol–water partition coefficient (Wildman–Crippen LogP) is 4.35. The molecule has 0 bridgehead atoms. The van der Waals surface area contributed by atoms with Crippen LogP contribution in [0, 0.1) is 0 Å². The highest BCUT2D eigenvalue weighted by Crippen LogP contribution is 2.45. The number of aliphatic carboxylic acids is 1. The molecule has 3 rings (SSSR count). The van der Waals surface area contributed by atoms with Crippen LogP contribution in [0.15, 0.2) is 17.0 Å². The molecule has 0 saturated carbocycles. The van der Waals surface area contributed by atoms with Crippen LogP contribution in [0.25, 0.3) is 6.08 Å². The Balaban J connectivity index is 1.99. The van der Waals surface area contributed by atoms with Gasteiger partial charge in [-0.15, -0.1) is 0 Å². The average molecular weight is 425 g/mol. The molecule has 2 aliphatic rings. The van der Waals surface area contributed by atoms with Crippen molar-refractivity contribution in [3.05, 3.63) is 33.2 Å². The van der Waals surface area contributed by atoms with Crippen molar-refractivity contribution in [3.8, 4) is 0 Å². The summed E-state index contributed by atoms with van der Waals surface area (Å²) in [5.74, 6) is -1.14. The second-order valence-corrected chi connectivity index (χ2v) is 9.65. The van der Waals surface area contributed by atoms with Gasteiger partial charge in [-0.2, -0.15) is 0 Å². The van der Waals surface area contributed by atoms with E-state index in [0.717, 1.165) is 34.3 Å². The first-order valence-electron chi connectivity index (χ1n) is 8.55. The highest BCUT2D eigenvalue weighted by molar-refractivity contribution is 8.26. The lowest BCUT2D eigenvalue weighted by atomic mass is 9.80. The maximum absolute atomic E-state index is 12.5. The second kappa shape index (κ2) is 7.11. The summed E-state index contributed by atoms with van der Waals surface area (Å²) in [6.45, 7) is 6.18. The molecule has 1 aromatic rings. The molecule has 0 aromatic heterocycles. The number of fused-ring (bicyclic) bond motifs is 1. The number of carboxylic acids is 1. The van der Waals surface area contributed by atoms with E-state index in [0.29, 0.717) is 15.8 Å². The number of hydrogen-bond donors (Lipinski definition) is 1. The minimum absolute atomic E-state index is 0.0382. The van der Waals surface area contributed by atoms with Crippen molar-refractivity contribution < 1.29 is 14.7 Å². The molecule has 1 N–H and O–H groups in total. The zero-order valence-electron chi connectivity index (χ0n) is 15.6. The number of amides is 1. The van der Waals surface area contributed by atoms with Crippen LogP contribution in [0.2, 0.25) is 5.02 Å². The Labute approximate surface area is 173 Å². The van der Waals surface area contributed by atoms with Crippen LogP contribution in [0.1, 0.15) is 44.2 Å². The SMILES string of the molecule is C[C@H]1CC(C)(C)N(C)c2cc(Cl)c(/C=C3/SC(=S)N(CC(=O)O)C3=O)cc21. The van der Waals surface area contributed by atoms with E-state index in [-0.39, 0.29) is 9.86 Å². The second-order valence-electron chi connectivity index (χ2n) is 7.57. The van der Waals surface area contributed by atoms with E-state index in [2.05, 4.69) is 32.7 Å². The van der Waals surface area contributed by atoms with Crippen molar-refractivity contribution in [2.45, 2.75) is 38.6 Å². The van der Waals surface area contributed by atoms with Gasteiger partial charge in [-0.1, -0.05) is 42.5 Å². The van der Waals surface area contributed by atoms with Crippen LogP contribution < -0.4 is 4.90 Å². The molecule has 144 valence electrons. The summed E-state index contributed by atoms with van der Waals surface area (Å²) in [7, 11) is 2.07. The third-order valence-corrected chi connectivity index (χ3v) is 6.91. The third kappa shape index (κ3) is 3.73. The Hall–Kier alpha value is -1.57. The van der Waals surface area contributed by atoms with Crippen LogP contribution in [0.3, 0.4) is 0 Å². The summed E-state index contributed by atoms with van der Waals surface area (Å²) >= 11 is 12.8. The molecule has 1 saturated heterocycles. The van der Waals surface area contributed by atoms with Crippen molar-refractivity contribution in [1.82, 2.24) is 4.90 Å². The van der Waals surface area contributed by atoms with Crippen molar-refractivity contribution in [2.24, 2.45) is 0 Å². The zero-order chi connectivity index (χ0) is 20.1. The molecule has 0 spiro atoms. The number of carbonyl (C=O) groups excluding carboxylic acids is 1. The third-order valence-electron chi connectivity index (χ3n) is 5.21. The van der Waals surface area contributed by atoms with Crippen LogP contribution in [0.4, 0.5) is 5.69 Å². The number of thiocarbonyl (C=S) groups is 1. The number of carboxylic acid groups (broad SMARTS) is 1. The molecule has 0 aliphatic carbocycles. The van der Waals surface area contributed by atoms with Crippen LogP contribution in [0.5, 0.6) is 0 Å². The van der Waals surface area contributed by atoms with Gasteiger partial charge in [-0.25, -0.2) is 0 Å². The average Bonchev–Trinajstić information content (AvgIpc) is 2.81. The monoisotopic (exact) mass is 424 g/mol. The largest absolute Gasteiger partial charge is 0.480 e. The van der Waals surface area contributed by atoms with Gasteiger partial charge in [0.1, 0.15) is 10.9 Å². The van der Waals surface area contributed by atoms with E-state index < -0.39 is 18.4 Å². The lowest BCUT2D eigenvalue weighted by molar-refractivity contribution is -0.140. The number of rotatable bonds is 3. The van der Waals surface area contributed by atoms with Gasteiger partial charge in [0.15, 0.2) is 0 Å². The molecule has 0 unspecified atom stereocenters. The summed E-state index contributed by atoms with van der Waals surface area (Å²) in [4.78, 5) is 27.2. The minimum atomic E-state index is -1.10. The molecular weight excluding hydrogens is 404 g/mol. The molecule has 8 heteroatoms. The molecule has 27 heavy (non-hydrogen) atoms. The van der Waals surface area contributed by atoms with E-state index in [9.17, 15) is 9.59 Å². The fourth-order valence-corrected chi connectivity index (χ4v) is 5.09. The van der Waals surface area contributed by atoms with E-state index in [1.54, 1.807) is 6.08 Å². The Morgan fingerprint density at radius 2 is 2.15 bits per heavy atom. The summed E-state index contributed by atoms with van der Waals surface area (Å²) in [6, 6.07) is 3.97. The van der Waals surface area contributed by atoms with Gasteiger partial charge >= 0.3 is 5.97 Å². The van der Waals surface area contributed by atoms with E-state index >= 15 is 0 Å². The topological polar surface area (TPSA) is 60.9 Å². The molecule has 2 heterocycles. The number of nitrogens with zero attached hydrogens (tertiary/aromatic N) is 2. The molecular formula is C19H21ClN2O3S2. The fraction of sp³-hybridized carbons (Fsp3) is 0.421. The number of thioether (sulfide) groups is 1. The Kier molecular flexibility index (Phi) is 5.31. The van der Waals surface area contributed by atoms with Crippen molar-refractivity contribution in [1.29, 1.82) is 0 Å². The maximum atomic E-state index is 12.5. The van der Waals surface area contributed by atoms with E-state index in [4.69, 9.17) is 28.9 Å². The zero-order valence-corrected chi connectivity index (χ0v) is 18.0. The Morgan fingerprint density at radius 1 is 1.48 bits per heavy atom. The first-order valence-corrected chi connectivity index (χ1v) is 10.2. The van der Waals surface area contributed by atoms with Gasteiger partial charge in [0.25, 0.3) is 5.91 Å². The van der Waals surface area contributed by atoms with Crippen LogP contribution >= 0.6 is 35.6 Å². The molecule has 5 nitrogen and oxygen atoms in total. The van der Waals surface area contributed by atoms with Gasteiger partial charge in [-0.3, -0.25) is 14.5 Å². The highest BCUT2D eigenvalue weighted by atomic mass is 35.5. The standard InChI is InChI=1S/C19H21ClN2O3S2/c1-10-8-19(2,3)21(4)14-7-13(20)11(5-12(10)14)6-15-17(25)22(9-16(23)24)18(26)27-15/h5-7,10H,8-9H2,1-4H3,(H,23,24)/b15-6+/t10-/m0/s1. The van der Waals surface area contributed by atoms with Crippen molar-refractivity contribution >= 4 is 63.5 Å². The van der Waals surface area contributed by atoms with Crippen LogP contribution in [-0.2, 0) is 9.59 Å². The quantitative estimate of drug-likeness (QED) is 0.575. The maximum Gasteiger partial charge on any atom is 0.323 e. The molecule has 0 radical (unpaired) electrons. The van der Waals surface area contributed by atoms with E-state index in [1.165, 1.54) is 5.56 Å². The Bertz CT molecular complexity index is 882. The van der Waals surface area contributed by atoms with Gasteiger partial charge in [-0.05, 0) is 55.5 Å². The first-order chi connectivity index (χ1) is 12.5. The number of halogens is 1. The van der Waals surface area contributed by atoms with Gasteiger partial charge in [0.05, 0.1) is 4.91 Å². The van der Waals surface area contributed by atoms with Crippen molar-refractivity contribution in [3.63, 3.8) is 0 Å². The lowest BCUT2D eigenvalue weighted by Gasteiger charge is -2.45. The van der Waals surface area contributed by atoms with Crippen molar-refractivity contribution in [2.75, 3.05) is 18.5 Å². The van der Waals surface area contributed by atoms with E-state index in [1.807, 2.05) is 12.1 Å². The summed E-state index contributed by atoms with van der Waals surface area (Å²) in [5.41, 5.74) is 3.07. The molecule has 1 amide bonds. The molecule has 2 aliphatic heterocycles. The summed E-state index contributed by atoms with van der Waals surface area (Å²) in [6.07, 6.45) is 2.72. The smallest absolute Gasteiger partial charge is 0.323 e. The predicted molar refractivity (Wildman–Crippen MR) is 114 cm³/mol. The Morgan fingerprint density at radius 3 is 2.78 bits per heavy atom. The normalized spacial score (nSPS) is 23.1.